The van der Waals surface area contributed by atoms with Gasteiger partial charge in [-0.3, -0.25) is 4.79 Å². The highest BCUT2D eigenvalue weighted by Gasteiger charge is 2.33. The SMILES string of the molecule is CC(=O)N[C@@H](Cc1c(/C=C/C2(c3cccc(Cl)c3)SCCCS2)[nH]c2ccccc12)C(=O)O. The molecule has 1 aliphatic rings. The van der Waals surface area contributed by atoms with Crippen molar-refractivity contribution in [3.63, 3.8) is 0 Å². The molecule has 1 amide bonds. The summed E-state index contributed by atoms with van der Waals surface area (Å²) in [4.78, 5) is 26.8. The Hall–Kier alpha value is -2.35. The van der Waals surface area contributed by atoms with E-state index in [-0.39, 0.29) is 16.4 Å². The Balaban J connectivity index is 1.76. The van der Waals surface area contributed by atoms with E-state index in [0.29, 0.717) is 5.02 Å². The maximum Gasteiger partial charge on any atom is 0.326 e. The number of benzene rings is 2. The fraction of sp³-hybridized carbons (Fsp3) is 0.280. The van der Waals surface area contributed by atoms with Gasteiger partial charge in [0.1, 0.15) is 10.1 Å². The Kier molecular flexibility index (Phi) is 7.41. The summed E-state index contributed by atoms with van der Waals surface area (Å²) in [6.45, 7) is 1.33. The van der Waals surface area contributed by atoms with Gasteiger partial charge in [0.2, 0.25) is 5.91 Å². The lowest BCUT2D eigenvalue weighted by molar-refractivity contribution is -0.141. The number of H-pyrrole nitrogens is 1. The fourth-order valence-electron chi connectivity index (χ4n) is 4.04. The lowest BCUT2D eigenvalue weighted by Crippen LogP contribution is -2.41. The van der Waals surface area contributed by atoms with Crippen LogP contribution < -0.4 is 5.32 Å². The second-order valence-corrected chi connectivity index (χ2v) is 11.3. The molecule has 2 aromatic carbocycles. The summed E-state index contributed by atoms with van der Waals surface area (Å²) in [5, 5.41) is 13.9. The van der Waals surface area contributed by atoms with Gasteiger partial charge in [0.25, 0.3) is 0 Å². The van der Waals surface area contributed by atoms with Crippen molar-refractivity contribution in [2.75, 3.05) is 11.5 Å². The normalized spacial score (nSPS) is 16.7. The van der Waals surface area contributed by atoms with Gasteiger partial charge in [0, 0.05) is 35.0 Å². The molecule has 1 atom stereocenters. The first-order chi connectivity index (χ1) is 15.9. The molecule has 1 aromatic heterocycles. The van der Waals surface area contributed by atoms with E-state index in [4.69, 9.17) is 11.6 Å². The summed E-state index contributed by atoms with van der Waals surface area (Å²) in [7, 11) is 0. The Morgan fingerprint density at radius 3 is 2.67 bits per heavy atom. The number of carbonyl (C=O) groups is 2. The zero-order valence-corrected chi connectivity index (χ0v) is 20.5. The van der Waals surface area contributed by atoms with Crippen LogP contribution in [-0.2, 0) is 20.1 Å². The third kappa shape index (κ3) is 5.42. The van der Waals surface area contributed by atoms with Gasteiger partial charge in [-0.1, -0.05) is 48.0 Å². The smallest absolute Gasteiger partial charge is 0.326 e. The molecule has 2 heterocycles. The molecule has 8 heteroatoms. The van der Waals surface area contributed by atoms with Crippen LogP contribution in [0, 0.1) is 0 Å². The first-order valence-electron chi connectivity index (χ1n) is 10.7. The van der Waals surface area contributed by atoms with E-state index in [1.807, 2.05) is 72.1 Å². The summed E-state index contributed by atoms with van der Waals surface area (Å²) in [5.41, 5.74) is 3.79. The van der Waals surface area contributed by atoms with Gasteiger partial charge in [-0.25, -0.2) is 4.79 Å². The summed E-state index contributed by atoms with van der Waals surface area (Å²) >= 11 is 10.1. The quantitative estimate of drug-likeness (QED) is 0.388. The van der Waals surface area contributed by atoms with Crippen molar-refractivity contribution in [2.45, 2.75) is 29.9 Å². The van der Waals surface area contributed by atoms with Crippen molar-refractivity contribution in [3.05, 3.63) is 76.5 Å². The van der Waals surface area contributed by atoms with Gasteiger partial charge in [-0.05, 0) is 53.3 Å². The highest BCUT2D eigenvalue weighted by atomic mass is 35.5. The van der Waals surface area contributed by atoms with Crippen LogP contribution in [0.15, 0.2) is 54.6 Å². The van der Waals surface area contributed by atoms with Crippen LogP contribution in [0.1, 0.15) is 30.2 Å². The number of para-hydroxylation sites is 1. The molecule has 3 aromatic rings. The highest BCUT2D eigenvalue weighted by Crippen LogP contribution is 2.52. The predicted octanol–water partition coefficient (Wildman–Crippen LogP) is 5.69. The minimum Gasteiger partial charge on any atom is -0.480 e. The van der Waals surface area contributed by atoms with Crippen molar-refractivity contribution in [3.8, 4) is 0 Å². The number of hydrogen-bond acceptors (Lipinski definition) is 4. The number of halogens is 1. The van der Waals surface area contributed by atoms with Crippen molar-refractivity contribution in [1.29, 1.82) is 0 Å². The average molecular weight is 501 g/mol. The summed E-state index contributed by atoms with van der Waals surface area (Å²) < 4.78 is -0.276. The second kappa shape index (κ2) is 10.3. The van der Waals surface area contributed by atoms with Gasteiger partial charge in [-0.2, -0.15) is 0 Å². The number of carboxylic acid groups (broad SMARTS) is 1. The summed E-state index contributed by atoms with van der Waals surface area (Å²) in [6, 6.07) is 14.8. The van der Waals surface area contributed by atoms with Crippen LogP contribution in [0.25, 0.3) is 17.0 Å². The maximum absolute atomic E-state index is 11.8. The van der Waals surface area contributed by atoms with Gasteiger partial charge in [0.05, 0.1) is 0 Å². The second-order valence-electron chi connectivity index (χ2n) is 7.92. The number of carboxylic acids is 1. The standard InChI is InChI=1S/C25H25ClN2O3S2/c1-16(29)27-23(24(30)31)15-20-19-8-2-3-9-21(19)28-22(20)10-11-25(32-12-5-13-33-25)17-6-4-7-18(26)14-17/h2-4,6-11,14,23,28H,5,12-13,15H2,1H3,(H,27,29)(H,30,31)/b11-10+/t23-/m0/s1. The van der Waals surface area contributed by atoms with Crippen LogP contribution in [0.2, 0.25) is 5.02 Å². The van der Waals surface area contributed by atoms with E-state index in [1.54, 1.807) is 0 Å². The van der Waals surface area contributed by atoms with E-state index in [1.165, 1.54) is 6.92 Å². The molecule has 3 N–H and O–H groups in total. The van der Waals surface area contributed by atoms with E-state index in [2.05, 4.69) is 22.4 Å². The fourth-order valence-corrected chi connectivity index (χ4v) is 7.34. The molecule has 0 saturated carbocycles. The molecule has 5 nitrogen and oxygen atoms in total. The molecule has 1 aliphatic heterocycles. The Bertz CT molecular complexity index is 1200. The molecule has 0 aliphatic carbocycles. The maximum atomic E-state index is 11.8. The zero-order valence-electron chi connectivity index (χ0n) is 18.1. The molecule has 0 bridgehead atoms. The van der Waals surface area contributed by atoms with Crippen LogP contribution >= 0.6 is 35.1 Å². The summed E-state index contributed by atoms with van der Waals surface area (Å²) in [6.07, 6.45) is 5.58. The number of rotatable bonds is 7. The first kappa shape index (κ1) is 23.8. The minimum atomic E-state index is -1.06. The number of aliphatic carboxylic acids is 1. The third-order valence-corrected chi connectivity index (χ3v) is 9.08. The van der Waals surface area contributed by atoms with Gasteiger partial charge < -0.3 is 15.4 Å². The third-order valence-electron chi connectivity index (χ3n) is 5.55. The lowest BCUT2D eigenvalue weighted by Gasteiger charge is -2.34. The van der Waals surface area contributed by atoms with E-state index >= 15 is 0 Å². The van der Waals surface area contributed by atoms with Gasteiger partial charge in [-0.15, -0.1) is 23.5 Å². The lowest BCUT2D eigenvalue weighted by atomic mass is 10.0. The van der Waals surface area contributed by atoms with Crippen LogP contribution in [0.5, 0.6) is 0 Å². The molecule has 0 unspecified atom stereocenters. The number of aromatic amines is 1. The number of fused-ring (bicyclic) bond motifs is 1. The molecular formula is C25H25ClN2O3S2. The highest BCUT2D eigenvalue weighted by molar-refractivity contribution is 8.18. The number of carbonyl (C=O) groups excluding carboxylic acids is 1. The van der Waals surface area contributed by atoms with Crippen molar-refractivity contribution >= 4 is 64.0 Å². The van der Waals surface area contributed by atoms with Crippen LogP contribution in [0.3, 0.4) is 0 Å². The first-order valence-corrected chi connectivity index (χ1v) is 13.1. The molecule has 0 spiro atoms. The predicted molar refractivity (Wildman–Crippen MR) is 139 cm³/mol. The number of hydrogen-bond donors (Lipinski definition) is 3. The largest absolute Gasteiger partial charge is 0.480 e. The molecular weight excluding hydrogens is 476 g/mol. The molecule has 33 heavy (non-hydrogen) atoms. The molecule has 172 valence electrons. The Morgan fingerprint density at radius 1 is 1.21 bits per heavy atom. The van der Waals surface area contributed by atoms with Crippen molar-refractivity contribution in [2.24, 2.45) is 0 Å². The topological polar surface area (TPSA) is 82.2 Å². The molecule has 1 saturated heterocycles. The van der Waals surface area contributed by atoms with Gasteiger partial charge in [0.15, 0.2) is 0 Å². The van der Waals surface area contributed by atoms with Gasteiger partial charge >= 0.3 is 5.97 Å². The monoisotopic (exact) mass is 500 g/mol. The number of aromatic nitrogens is 1. The Morgan fingerprint density at radius 2 is 1.97 bits per heavy atom. The molecule has 4 rings (SSSR count). The van der Waals surface area contributed by atoms with E-state index in [0.717, 1.165) is 45.7 Å². The van der Waals surface area contributed by atoms with E-state index < -0.39 is 12.0 Å². The Labute approximate surface area is 206 Å². The zero-order chi connectivity index (χ0) is 23.4. The molecule has 1 fully saturated rings. The summed E-state index contributed by atoms with van der Waals surface area (Å²) in [5.74, 6) is 0.675. The van der Waals surface area contributed by atoms with Crippen LogP contribution in [-0.4, -0.2) is 39.5 Å². The number of nitrogens with one attached hydrogen (secondary N) is 2. The van der Waals surface area contributed by atoms with Crippen molar-refractivity contribution < 1.29 is 14.7 Å². The minimum absolute atomic E-state index is 0.184. The number of amides is 1. The average Bonchev–Trinajstić information content (AvgIpc) is 3.15. The van der Waals surface area contributed by atoms with Crippen molar-refractivity contribution in [1.82, 2.24) is 10.3 Å². The van der Waals surface area contributed by atoms with Crippen LogP contribution in [0.4, 0.5) is 0 Å². The van der Waals surface area contributed by atoms with E-state index in [9.17, 15) is 14.7 Å². The number of thioether (sulfide) groups is 2. The molecule has 0 radical (unpaired) electrons.